The van der Waals surface area contributed by atoms with Crippen LogP contribution in [0.4, 0.5) is 10.1 Å². The monoisotopic (exact) mass is 259 g/mol. The second-order valence-corrected chi connectivity index (χ2v) is 5.45. The van der Waals surface area contributed by atoms with Crippen LogP contribution in [0.5, 0.6) is 0 Å². The molecule has 1 aliphatic heterocycles. The number of hydrogen-bond acceptors (Lipinski definition) is 3. The van der Waals surface area contributed by atoms with E-state index in [2.05, 4.69) is 10.2 Å². The topological polar surface area (TPSA) is 39.1 Å². The van der Waals surface area contributed by atoms with Gasteiger partial charge in [0, 0.05) is 18.6 Å². The van der Waals surface area contributed by atoms with Crippen molar-refractivity contribution in [2.75, 3.05) is 18.0 Å². The van der Waals surface area contributed by atoms with Crippen molar-refractivity contribution < 1.29 is 4.39 Å². The van der Waals surface area contributed by atoms with Gasteiger partial charge in [-0.25, -0.2) is 4.39 Å². The lowest BCUT2D eigenvalue weighted by Crippen LogP contribution is -2.39. The second kappa shape index (κ2) is 5.18. The number of nitriles is 1. The van der Waals surface area contributed by atoms with Crippen LogP contribution in [0, 0.1) is 17.1 Å². The van der Waals surface area contributed by atoms with Gasteiger partial charge >= 0.3 is 0 Å². The van der Waals surface area contributed by atoms with Gasteiger partial charge in [-0.15, -0.1) is 0 Å². The van der Waals surface area contributed by atoms with Crippen LogP contribution in [0.25, 0.3) is 0 Å². The van der Waals surface area contributed by atoms with Crippen molar-refractivity contribution in [3.8, 4) is 6.07 Å². The van der Waals surface area contributed by atoms with Gasteiger partial charge in [0.2, 0.25) is 0 Å². The fourth-order valence-corrected chi connectivity index (χ4v) is 2.79. The predicted octanol–water partition coefficient (Wildman–Crippen LogP) is 2.42. The Morgan fingerprint density at radius 3 is 2.79 bits per heavy atom. The summed E-state index contributed by atoms with van der Waals surface area (Å²) in [6.07, 6.45) is 4.67. The minimum Gasteiger partial charge on any atom is -0.365 e. The van der Waals surface area contributed by atoms with Crippen LogP contribution >= 0.6 is 0 Å². The number of nitrogens with zero attached hydrogens (tertiary/aromatic N) is 2. The van der Waals surface area contributed by atoms with Gasteiger partial charge in [-0.3, -0.25) is 0 Å². The van der Waals surface area contributed by atoms with Gasteiger partial charge in [0.05, 0.1) is 17.3 Å². The summed E-state index contributed by atoms with van der Waals surface area (Å²) >= 11 is 0. The number of hydrogen-bond donors (Lipinski definition) is 1. The van der Waals surface area contributed by atoms with Gasteiger partial charge in [-0.05, 0) is 50.4 Å². The molecule has 1 unspecified atom stereocenters. The molecular weight excluding hydrogens is 241 g/mol. The summed E-state index contributed by atoms with van der Waals surface area (Å²) in [5.41, 5.74) is 1.03. The molecule has 1 atom stereocenters. The summed E-state index contributed by atoms with van der Waals surface area (Å²) in [5.74, 6) is -0.274. The summed E-state index contributed by atoms with van der Waals surface area (Å²) in [6.45, 7) is 1.94. The number of benzene rings is 1. The molecule has 1 aromatic carbocycles. The first kappa shape index (κ1) is 12.4. The van der Waals surface area contributed by atoms with Gasteiger partial charge in [-0.2, -0.15) is 5.26 Å². The van der Waals surface area contributed by atoms with Crippen LogP contribution in [-0.4, -0.2) is 25.2 Å². The summed E-state index contributed by atoms with van der Waals surface area (Å²) in [7, 11) is 0. The van der Waals surface area contributed by atoms with E-state index in [1.54, 1.807) is 12.1 Å². The lowest BCUT2D eigenvalue weighted by atomic mass is 10.1. The third-order valence-electron chi connectivity index (χ3n) is 3.95. The summed E-state index contributed by atoms with van der Waals surface area (Å²) < 4.78 is 14.1. The first-order valence-corrected chi connectivity index (χ1v) is 6.97. The lowest BCUT2D eigenvalue weighted by Gasteiger charge is -2.28. The fraction of sp³-hybridized carbons (Fsp3) is 0.533. The van der Waals surface area contributed by atoms with Crippen LogP contribution in [0.3, 0.4) is 0 Å². The Labute approximate surface area is 113 Å². The molecule has 1 saturated heterocycles. The normalized spacial score (nSPS) is 22.2. The predicted molar refractivity (Wildman–Crippen MR) is 72.5 cm³/mol. The van der Waals surface area contributed by atoms with E-state index in [9.17, 15) is 4.39 Å². The zero-order valence-corrected chi connectivity index (χ0v) is 10.9. The third kappa shape index (κ3) is 2.71. The highest BCUT2D eigenvalue weighted by Gasteiger charge is 2.32. The van der Waals surface area contributed by atoms with Crippen molar-refractivity contribution in [1.82, 2.24) is 5.32 Å². The number of nitrogens with one attached hydrogen (secondary N) is 1. The Balaban J connectivity index is 1.81. The van der Waals surface area contributed by atoms with Crippen molar-refractivity contribution >= 4 is 5.69 Å². The molecule has 1 aliphatic carbocycles. The lowest BCUT2D eigenvalue weighted by molar-refractivity contribution is 0.562. The van der Waals surface area contributed by atoms with Crippen LogP contribution in [0.15, 0.2) is 18.2 Å². The van der Waals surface area contributed by atoms with E-state index < -0.39 is 0 Å². The maximum absolute atomic E-state index is 14.1. The van der Waals surface area contributed by atoms with Gasteiger partial charge in [0.1, 0.15) is 5.82 Å². The molecule has 19 heavy (non-hydrogen) atoms. The molecule has 3 rings (SSSR count). The van der Waals surface area contributed by atoms with Crippen LogP contribution < -0.4 is 10.2 Å². The quantitative estimate of drug-likeness (QED) is 0.902. The maximum atomic E-state index is 14.1. The molecule has 0 spiro atoms. The zero-order chi connectivity index (χ0) is 13.2. The highest BCUT2D eigenvalue weighted by Crippen LogP contribution is 2.34. The molecule has 2 fully saturated rings. The first-order valence-electron chi connectivity index (χ1n) is 6.97. The number of anilines is 1. The van der Waals surface area contributed by atoms with E-state index in [1.807, 2.05) is 6.07 Å². The Hall–Kier alpha value is -1.60. The summed E-state index contributed by atoms with van der Waals surface area (Å²) in [4.78, 5) is 2.18. The smallest absolute Gasteiger partial charge is 0.147 e. The van der Waals surface area contributed by atoms with Crippen LogP contribution in [0.1, 0.15) is 31.2 Å². The fourth-order valence-electron chi connectivity index (χ4n) is 2.79. The van der Waals surface area contributed by atoms with E-state index in [0.717, 1.165) is 25.9 Å². The van der Waals surface area contributed by atoms with Gasteiger partial charge in [0.15, 0.2) is 0 Å². The first-order chi connectivity index (χ1) is 9.28. The van der Waals surface area contributed by atoms with Crippen LogP contribution in [0.2, 0.25) is 0 Å². The Morgan fingerprint density at radius 2 is 2.21 bits per heavy atom. The molecule has 1 heterocycles. The van der Waals surface area contributed by atoms with Crippen molar-refractivity contribution in [2.45, 2.75) is 37.8 Å². The minimum absolute atomic E-state index is 0.274. The van der Waals surface area contributed by atoms with Crippen molar-refractivity contribution in [2.24, 2.45) is 0 Å². The molecule has 0 aromatic heterocycles. The molecule has 1 aromatic rings. The largest absolute Gasteiger partial charge is 0.365 e. The maximum Gasteiger partial charge on any atom is 0.147 e. The zero-order valence-electron chi connectivity index (χ0n) is 10.9. The Bertz CT molecular complexity index is 499. The average Bonchev–Trinajstić information content (AvgIpc) is 3.14. The average molecular weight is 259 g/mol. The molecule has 100 valence electrons. The third-order valence-corrected chi connectivity index (χ3v) is 3.95. The molecular formula is C15H18FN3. The SMILES string of the molecule is N#Cc1ccc(N(CC2CCCN2)C2CC2)c(F)c1. The standard InChI is InChI=1S/C15H18FN3/c16-14-8-11(9-17)3-6-15(14)19(13-4-5-13)10-12-2-1-7-18-12/h3,6,8,12-13,18H,1-2,4-5,7,10H2. The van der Waals surface area contributed by atoms with Gasteiger partial charge < -0.3 is 10.2 Å². The van der Waals surface area contributed by atoms with Crippen molar-refractivity contribution in [3.05, 3.63) is 29.6 Å². The van der Waals surface area contributed by atoms with Crippen molar-refractivity contribution in [3.63, 3.8) is 0 Å². The van der Waals surface area contributed by atoms with Gasteiger partial charge in [-0.1, -0.05) is 0 Å². The molecule has 2 aliphatic rings. The number of rotatable bonds is 4. The second-order valence-electron chi connectivity index (χ2n) is 5.45. The summed E-state index contributed by atoms with van der Waals surface area (Å²) in [6, 6.07) is 7.72. The highest BCUT2D eigenvalue weighted by atomic mass is 19.1. The van der Waals surface area contributed by atoms with E-state index >= 15 is 0 Å². The highest BCUT2D eigenvalue weighted by molar-refractivity contribution is 5.53. The molecule has 4 heteroatoms. The van der Waals surface area contributed by atoms with E-state index in [4.69, 9.17) is 5.26 Å². The molecule has 0 amide bonds. The van der Waals surface area contributed by atoms with E-state index in [1.165, 1.54) is 18.9 Å². The molecule has 0 bridgehead atoms. The molecule has 1 N–H and O–H groups in total. The Kier molecular flexibility index (Phi) is 3.39. The summed E-state index contributed by atoms with van der Waals surface area (Å²) in [5, 5.41) is 12.3. The van der Waals surface area contributed by atoms with Crippen LogP contribution in [-0.2, 0) is 0 Å². The van der Waals surface area contributed by atoms with Gasteiger partial charge in [0.25, 0.3) is 0 Å². The molecule has 3 nitrogen and oxygen atoms in total. The van der Waals surface area contributed by atoms with E-state index in [0.29, 0.717) is 23.3 Å². The van der Waals surface area contributed by atoms with E-state index in [-0.39, 0.29) is 5.82 Å². The number of halogens is 1. The molecule has 1 saturated carbocycles. The Morgan fingerprint density at radius 1 is 1.37 bits per heavy atom. The van der Waals surface area contributed by atoms with Crippen molar-refractivity contribution in [1.29, 1.82) is 5.26 Å². The minimum atomic E-state index is -0.274. The molecule has 0 radical (unpaired) electrons.